The van der Waals surface area contributed by atoms with Crippen LogP contribution in [-0.4, -0.2) is 133 Å². The van der Waals surface area contributed by atoms with Gasteiger partial charge in [0.1, 0.15) is 36.6 Å². The van der Waals surface area contributed by atoms with Gasteiger partial charge in [-0.1, -0.05) is 144 Å². The van der Waals surface area contributed by atoms with Gasteiger partial charge < -0.3 is 52.8 Å². The fraction of sp³-hybridized carbons (Fsp3) is 0.915. The zero-order chi connectivity index (χ0) is 66.8. The first-order valence-corrected chi connectivity index (χ1v) is 33.4. The highest BCUT2D eigenvalue weighted by Gasteiger charge is 2.66. The van der Waals surface area contributed by atoms with Crippen LogP contribution in [0.15, 0.2) is 0 Å². The monoisotopic (exact) mass is 1240 g/mol. The van der Waals surface area contributed by atoms with E-state index < -0.39 is 145 Å². The van der Waals surface area contributed by atoms with Gasteiger partial charge >= 0.3 is 35.8 Å². The highest BCUT2D eigenvalue weighted by Crippen LogP contribution is 2.67. The van der Waals surface area contributed by atoms with Crippen molar-refractivity contribution in [3.63, 3.8) is 0 Å². The van der Waals surface area contributed by atoms with Crippen molar-refractivity contribution in [2.24, 2.45) is 76.8 Å². The summed E-state index contributed by atoms with van der Waals surface area (Å²) in [5, 5.41) is 22.2. The zero-order valence-electron chi connectivity index (χ0n) is 59.0. The fourth-order valence-corrected chi connectivity index (χ4v) is 16.8. The summed E-state index contributed by atoms with van der Waals surface area (Å²) in [5.41, 5.74) is -11.6. The summed E-state index contributed by atoms with van der Waals surface area (Å²) >= 11 is 0. The second-order valence-corrected chi connectivity index (χ2v) is 34.9. The SMILES string of the molecule is CCCCCCC(C)OC(=O)C(CC(C)(C)C(C)(CC(C)(C)C(C)(CC(C)(C)C(C)(CC(C)(C)C)C(=O)O)C(=O)OC1COC2C(OC(C)=O)COC12)C(=O)OC1COC2C(O)COC12)C(C)(C)CC(C)(C(=O)OC1CC2CCC1(C)C2(C)C)C(C)(C)C. The Hall–Kier alpha value is -3.38. The molecule has 2 bridgehead atoms. The number of unbranched alkanes of at least 4 members (excludes halogenated alkanes) is 3. The van der Waals surface area contributed by atoms with Gasteiger partial charge in [-0.25, -0.2) is 0 Å². The average molecular weight is 1250 g/mol. The van der Waals surface area contributed by atoms with Gasteiger partial charge in [-0.2, -0.15) is 0 Å². The van der Waals surface area contributed by atoms with Gasteiger partial charge in [0.05, 0.1) is 60.1 Å². The Labute approximate surface area is 529 Å². The van der Waals surface area contributed by atoms with Crippen molar-refractivity contribution in [2.45, 2.75) is 311 Å². The molecule has 17 heteroatoms. The van der Waals surface area contributed by atoms with Crippen LogP contribution in [0, 0.1) is 76.8 Å². The predicted molar refractivity (Wildman–Crippen MR) is 334 cm³/mol. The van der Waals surface area contributed by atoms with Crippen LogP contribution in [-0.2, 0) is 71.4 Å². The number of fused-ring (bicyclic) bond motifs is 4. The third-order valence-electron chi connectivity index (χ3n) is 24.7. The molecule has 0 aromatic carbocycles. The second kappa shape index (κ2) is 25.8. The van der Waals surface area contributed by atoms with Crippen LogP contribution < -0.4 is 0 Å². The number of carboxylic acid groups (broad SMARTS) is 1. The Bertz CT molecular complexity index is 2520. The number of aliphatic carboxylic acids is 1. The molecule has 17 unspecified atom stereocenters. The Morgan fingerprint density at radius 3 is 1.49 bits per heavy atom. The number of carbonyl (C=O) groups is 6. The predicted octanol–water partition coefficient (Wildman–Crippen LogP) is 13.2. The maximum Gasteiger partial charge on any atom is 0.312 e. The van der Waals surface area contributed by atoms with Gasteiger partial charge in [0.15, 0.2) is 18.3 Å². The van der Waals surface area contributed by atoms with E-state index in [-0.39, 0.29) is 81.4 Å². The van der Waals surface area contributed by atoms with Crippen molar-refractivity contribution >= 4 is 35.8 Å². The van der Waals surface area contributed by atoms with Gasteiger partial charge in [0, 0.05) is 12.3 Å². The number of carbonyl (C=O) groups excluding carboxylic acids is 5. The topological polar surface area (TPSA) is 226 Å². The summed E-state index contributed by atoms with van der Waals surface area (Å²) in [5.74, 6) is -4.08. The molecule has 506 valence electrons. The lowest BCUT2D eigenvalue weighted by molar-refractivity contribution is -0.193. The summed E-state index contributed by atoms with van der Waals surface area (Å²) in [6, 6.07) is 0. The van der Waals surface area contributed by atoms with Crippen molar-refractivity contribution in [1.29, 1.82) is 0 Å². The number of ether oxygens (including phenoxy) is 9. The van der Waals surface area contributed by atoms with Crippen LogP contribution in [0.3, 0.4) is 0 Å². The lowest BCUT2D eigenvalue weighted by atomic mass is 9.48. The Morgan fingerprint density at radius 1 is 0.568 bits per heavy atom. The summed E-state index contributed by atoms with van der Waals surface area (Å²) in [6.07, 6.45) is 0.834. The van der Waals surface area contributed by atoms with E-state index in [4.69, 9.17) is 42.6 Å². The molecular weight excluding hydrogens is 1120 g/mol. The number of esters is 5. The lowest BCUT2D eigenvalue weighted by Crippen LogP contribution is -2.57. The molecule has 0 aromatic rings. The zero-order valence-corrected chi connectivity index (χ0v) is 59.0. The molecule has 2 N–H and O–H groups in total. The first-order valence-electron chi connectivity index (χ1n) is 33.4. The van der Waals surface area contributed by atoms with Gasteiger partial charge in [-0.3, -0.25) is 28.8 Å². The van der Waals surface area contributed by atoms with Crippen LogP contribution in [0.5, 0.6) is 0 Å². The maximum atomic E-state index is 16.2. The van der Waals surface area contributed by atoms with E-state index in [2.05, 4.69) is 48.5 Å². The first-order chi connectivity index (χ1) is 40.0. The number of rotatable bonds is 28. The van der Waals surface area contributed by atoms with E-state index in [1.165, 1.54) is 6.92 Å². The smallest absolute Gasteiger partial charge is 0.312 e. The minimum Gasteiger partial charge on any atom is -0.481 e. The molecule has 6 fully saturated rings. The minimum absolute atomic E-state index is 0.000944. The molecule has 4 saturated heterocycles. The summed E-state index contributed by atoms with van der Waals surface area (Å²) in [7, 11) is 0. The highest BCUT2D eigenvalue weighted by atomic mass is 16.7. The molecule has 0 radical (unpaired) electrons. The van der Waals surface area contributed by atoms with E-state index in [1.807, 2.05) is 96.9 Å². The molecule has 6 rings (SSSR count). The van der Waals surface area contributed by atoms with Crippen molar-refractivity contribution < 1.29 is 81.6 Å². The van der Waals surface area contributed by atoms with Gasteiger partial charge in [0.2, 0.25) is 0 Å². The Morgan fingerprint density at radius 2 is 1.03 bits per heavy atom. The standard InChI is InChI=1S/C71H120O17/c1-25-26-27-28-29-42(2)84-55(74)45(62(10,11)39-69(22,61(7,8)9)57(77)88-50-32-44-30-31-67(50,20)66(44,18)19)33-63(12,13)70(23,58(78)86-48-36-81-51-46(73)34-80-52(48)51)41-65(16,17)71(24,40-64(14,15)68(21,56(75)76)38-60(4,5)6)59(79)87-49-37-83-53-47(85-43(3)72)35-82-54(49)53/h42,44-54,73H,25-41H2,1-24H3,(H,75,76). The molecule has 4 aliphatic heterocycles. The Balaban J connectivity index is 1.48. The quantitative estimate of drug-likeness (QED) is 0.0422. The van der Waals surface area contributed by atoms with E-state index in [0.717, 1.165) is 44.9 Å². The number of aliphatic hydroxyl groups excluding tert-OH is 1. The summed E-state index contributed by atoms with van der Waals surface area (Å²) in [4.78, 5) is 89.1. The van der Waals surface area contributed by atoms with Crippen molar-refractivity contribution in [3.05, 3.63) is 0 Å². The fourth-order valence-electron chi connectivity index (χ4n) is 16.8. The molecular formula is C71H120O17. The van der Waals surface area contributed by atoms with E-state index in [0.29, 0.717) is 12.3 Å². The normalized spacial score (nSPS) is 31.5. The molecule has 17 atom stereocenters. The van der Waals surface area contributed by atoms with Crippen molar-refractivity contribution in [1.82, 2.24) is 0 Å². The number of hydrogen-bond acceptors (Lipinski definition) is 16. The molecule has 2 aliphatic carbocycles. The van der Waals surface area contributed by atoms with Crippen LogP contribution in [0.2, 0.25) is 0 Å². The molecule has 6 aliphatic rings. The molecule has 88 heavy (non-hydrogen) atoms. The summed E-state index contributed by atoms with van der Waals surface area (Å²) in [6.45, 7) is 47.1. The molecule has 0 aromatic heterocycles. The molecule has 2 saturated carbocycles. The average Bonchev–Trinajstić information content (AvgIpc) is 1.48. The van der Waals surface area contributed by atoms with E-state index in [9.17, 15) is 19.8 Å². The van der Waals surface area contributed by atoms with Crippen LogP contribution >= 0.6 is 0 Å². The van der Waals surface area contributed by atoms with Gasteiger partial charge in [-0.05, 0) is 143 Å². The van der Waals surface area contributed by atoms with Gasteiger partial charge in [-0.15, -0.1) is 0 Å². The van der Waals surface area contributed by atoms with Crippen LogP contribution in [0.1, 0.15) is 250 Å². The Kier molecular flexibility index (Phi) is 21.6. The highest BCUT2D eigenvalue weighted by molar-refractivity contribution is 5.82. The molecule has 17 nitrogen and oxygen atoms in total. The van der Waals surface area contributed by atoms with Crippen LogP contribution in [0.4, 0.5) is 0 Å². The number of hydrogen-bond donors (Lipinski definition) is 2. The molecule has 0 spiro atoms. The van der Waals surface area contributed by atoms with Gasteiger partial charge in [0.25, 0.3) is 0 Å². The lowest BCUT2D eigenvalue weighted by Gasteiger charge is -2.55. The summed E-state index contributed by atoms with van der Waals surface area (Å²) < 4.78 is 56.5. The maximum absolute atomic E-state index is 16.2. The van der Waals surface area contributed by atoms with Crippen molar-refractivity contribution in [3.8, 4) is 0 Å². The van der Waals surface area contributed by atoms with E-state index in [1.54, 1.807) is 13.8 Å². The largest absolute Gasteiger partial charge is 0.481 e. The van der Waals surface area contributed by atoms with Crippen molar-refractivity contribution in [2.75, 3.05) is 26.4 Å². The molecule has 4 heterocycles. The second-order valence-electron chi connectivity index (χ2n) is 34.9. The van der Waals surface area contributed by atoms with Crippen LogP contribution in [0.25, 0.3) is 0 Å². The minimum atomic E-state index is -1.61. The number of carboxylic acids is 1. The van der Waals surface area contributed by atoms with E-state index >= 15 is 19.2 Å². The number of aliphatic hydroxyl groups is 1. The first kappa shape index (κ1) is 73.7. The molecule has 0 amide bonds. The third kappa shape index (κ3) is 14.2. The third-order valence-corrected chi connectivity index (χ3v) is 24.7.